The van der Waals surface area contributed by atoms with Gasteiger partial charge in [-0.05, 0) is 48.0 Å². The van der Waals surface area contributed by atoms with E-state index < -0.39 is 65.2 Å². The topological polar surface area (TPSA) is 111 Å². The lowest BCUT2D eigenvalue weighted by Crippen LogP contribution is -2.44. The van der Waals surface area contributed by atoms with Crippen LogP contribution in [0, 0.1) is 35.0 Å². The summed E-state index contributed by atoms with van der Waals surface area (Å²) >= 11 is 0. The fraction of sp³-hybridized carbons (Fsp3) is 0.286. The molecule has 0 saturated carbocycles. The minimum absolute atomic E-state index is 0.0270. The number of halogens is 5. The number of nitrogens with one attached hydrogen (secondary N) is 1. The van der Waals surface area contributed by atoms with Crippen molar-refractivity contribution in [3.8, 4) is 5.75 Å². The largest absolute Gasteiger partial charge is 0.508 e. The van der Waals surface area contributed by atoms with Crippen LogP contribution in [-0.4, -0.2) is 52.4 Å². The van der Waals surface area contributed by atoms with E-state index in [1.165, 1.54) is 30.3 Å². The Bertz CT molecular complexity index is 1750. The molecular formula is C35H33F5N2O6. The van der Waals surface area contributed by atoms with Gasteiger partial charge >= 0.3 is 0 Å². The lowest BCUT2D eigenvalue weighted by atomic mass is 9.90. The molecule has 4 aromatic carbocycles. The summed E-state index contributed by atoms with van der Waals surface area (Å²) in [6.45, 7) is 2.33. The third-order valence-electron chi connectivity index (χ3n) is 8.21. The second-order valence-electron chi connectivity index (χ2n) is 11.7. The summed E-state index contributed by atoms with van der Waals surface area (Å²) in [5, 5.41) is 32.3. The molecule has 0 unspecified atom stereocenters. The standard InChI is InChI=1S/C35H33F5N2O6/c1-18-26(16-42(2)15-25(45)21-5-4-8-24(44)14-21)47-35(48-33(18)20-11-9-19(17-43)10-12-20)22-6-3-7-23(13-22)41-34(46)27-28(36)30(38)32(40)31(39)29(27)37/h3-14,18,25-26,33,35,43-45H,15-17H2,1-2H3,(H,41,46)/t18-,25+,26+,33+,35+/m0/s1. The van der Waals surface area contributed by atoms with Crippen LogP contribution in [0.25, 0.3) is 0 Å². The maximum Gasteiger partial charge on any atom is 0.261 e. The van der Waals surface area contributed by atoms with Crippen LogP contribution in [0.2, 0.25) is 0 Å². The molecule has 5 rings (SSSR count). The van der Waals surface area contributed by atoms with Crippen LogP contribution in [0.4, 0.5) is 27.6 Å². The molecular weight excluding hydrogens is 639 g/mol. The number of anilines is 1. The van der Waals surface area contributed by atoms with E-state index in [0.717, 1.165) is 5.56 Å². The first-order chi connectivity index (χ1) is 22.9. The molecule has 0 radical (unpaired) electrons. The maximum atomic E-state index is 14.3. The molecule has 5 atom stereocenters. The van der Waals surface area contributed by atoms with Crippen molar-refractivity contribution >= 4 is 11.6 Å². The number of amides is 1. The number of nitrogens with zero attached hydrogens (tertiary/aromatic N) is 1. The fourth-order valence-electron chi connectivity index (χ4n) is 5.60. The van der Waals surface area contributed by atoms with Crippen LogP contribution >= 0.6 is 0 Å². The number of benzene rings is 4. The van der Waals surface area contributed by atoms with Gasteiger partial charge in [0.25, 0.3) is 5.91 Å². The van der Waals surface area contributed by atoms with E-state index in [2.05, 4.69) is 5.32 Å². The highest BCUT2D eigenvalue weighted by molar-refractivity contribution is 6.04. The Kier molecular flexibility index (Phi) is 10.8. The maximum absolute atomic E-state index is 14.3. The van der Waals surface area contributed by atoms with Crippen molar-refractivity contribution in [2.24, 2.45) is 5.92 Å². The number of aliphatic hydroxyl groups excluding tert-OH is 2. The molecule has 1 aliphatic heterocycles. The minimum atomic E-state index is -2.38. The van der Waals surface area contributed by atoms with Crippen molar-refractivity contribution in [1.82, 2.24) is 4.90 Å². The Hall–Kier alpha value is -4.40. The van der Waals surface area contributed by atoms with E-state index in [4.69, 9.17) is 9.47 Å². The van der Waals surface area contributed by atoms with Gasteiger partial charge in [-0.2, -0.15) is 0 Å². The summed E-state index contributed by atoms with van der Waals surface area (Å²) in [5.74, 6) is -13.1. The number of likely N-dealkylation sites (N-methyl/N-ethyl adjacent to an activating group) is 1. The third kappa shape index (κ3) is 7.50. The molecule has 4 N–H and O–H groups in total. The summed E-state index contributed by atoms with van der Waals surface area (Å²) in [7, 11) is 1.80. The number of aliphatic hydroxyl groups is 2. The second-order valence-corrected chi connectivity index (χ2v) is 11.7. The predicted octanol–water partition coefficient (Wildman–Crippen LogP) is 6.29. The van der Waals surface area contributed by atoms with E-state index in [0.29, 0.717) is 23.2 Å². The SMILES string of the molecule is C[C@H]1[C@@H](CN(C)C[C@@H](O)c2cccc(O)c2)O[C@@H](c2cccc(NC(=O)c3c(F)c(F)c(F)c(F)c3F)c2)O[C@H]1c1ccc(CO)cc1. The van der Waals surface area contributed by atoms with Gasteiger partial charge in [0.2, 0.25) is 5.82 Å². The first-order valence-corrected chi connectivity index (χ1v) is 15.0. The summed E-state index contributed by atoms with van der Waals surface area (Å²) < 4.78 is 82.4. The monoisotopic (exact) mass is 672 g/mol. The van der Waals surface area contributed by atoms with E-state index in [1.807, 2.05) is 24.0 Å². The van der Waals surface area contributed by atoms with Crippen molar-refractivity contribution in [3.05, 3.63) is 130 Å². The molecule has 1 saturated heterocycles. The number of phenols is 1. The number of ether oxygens (including phenoxy) is 2. The van der Waals surface area contributed by atoms with E-state index in [-0.39, 0.29) is 30.5 Å². The normalized spacial score (nSPS) is 20.1. The van der Waals surface area contributed by atoms with Crippen molar-refractivity contribution in [2.45, 2.75) is 38.1 Å². The molecule has 4 aromatic rings. The molecule has 8 nitrogen and oxygen atoms in total. The van der Waals surface area contributed by atoms with Gasteiger partial charge in [-0.1, -0.05) is 55.5 Å². The molecule has 254 valence electrons. The number of phenolic OH excluding ortho intramolecular Hbond substituents is 1. The summed E-state index contributed by atoms with van der Waals surface area (Å²) in [6.07, 6.45) is -2.96. The fourth-order valence-corrected chi connectivity index (χ4v) is 5.60. The number of carbonyl (C=O) groups excluding carboxylic acids is 1. The van der Waals surface area contributed by atoms with Crippen LogP contribution < -0.4 is 5.32 Å². The van der Waals surface area contributed by atoms with Crippen LogP contribution in [0.15, 0.2) is 72.8 Å². The lowest BCUT2D eigenvalue weighted by Gasteiger charge is -2.42. The zero-order valence-electron chi connectivity index (χ0n) is 25.8. The Morgan fingerprint density at radius 2 is 1.52 bits per heavy atom. The highest BCUT2D eigenvalue weighted by Gasteiger charge is 2.39. The van der Waals surface area contributed by atoms with Crippen LogP contribution in [0.5, 0.6) is 5.75 Å². The number of aromatic hydroxyl groups is 1. The number of rotatable bonds is 10. The van der Waals surface area contributed by atoms with Crippen molar-refractivity contribution < 1.29 is 51.5 Å². The molecule has 0 aromatic heterocycles. The first kappa shape index (κ1) is 34.9. The van der Waals surface area contributed by atoms with Crippen molar-refractivity contribution in [3.63, 3.8) is 0 Å². The molecule has 0 aliphatic carbocycles. The van der Waals surface area contributed by atoms with Gasteiger partial charge in [0.1, 0.15) is 11.3 Å². The number of carbonyl (C=O) groups is 1. The minimum Gasteiger partial charge on any atom is -0.508 e. The smallest absolute Gasteiger partial charge is 0.261 e. The summed E-state index contributed by atoms with van der Waals surface area (Å²) in [6, 6.07) is 19.3. The summed E-state index contributed by atoms with van der Waals surface area (Å²) in [5.41, 5.74) is 0.742. The molecule has 0 bridgehead atoms. The van der Waals surface area contributed by atoms with Gasteiger partial charge in [-0.25, -0.2) is 22.0 Å². The van der Waals surface area contributed by atoms with Gasteiger partial charge in [-0.3, -0.25) is 4.79 Å². The summed E-state index contributed by atoms with van der Waals surface area (Å²) in [4.78, 5) is 14.6. The highest BCUT2D eigenvalue weighted by atomic mass is 19.2. The molecule has 13 heteroatoms. The zero-order chi connectivity index (χ0) is 34.7. The highest BCUT2D eigenvalue weighted by Crippen LogP contribution is 2.42. The molecule has 1 fully saturated rings. The molecule has 48 heavy (non-hydrogen) atoms. The van der Waals surface area contributed by atoms with Crippen LogP contribution in [0.3, 0.4) is 0 Å². The van der Waals surface area contributed by atoms with Crippen LogP contribution in [0.1, 0.15) is 58.0 Å². The predicted molar refractivity (Wildman–Crippen MR) is 164 cm³/mol. The molecule has 0 spiro atoms. The van der Waals surface area contributed by atoms with Gasteiger partial charge in [0.15, 0.2) is 29.6 Å². The second kappa shape index (κ2) is 14.8. The van der Waals surface area contributed by atoms with Crippen LogP contribution in [-0.2, 0) is 16.1 Å². The Morgan fingerprint density at radius 1 is 0.875 bits per heavy atom. The molecule has 1 aliphatic rings. The third-order valence-corrected chi connectivity index (χ3v) is 8.21. The van der Waals surface area contributed by atoms with Gasteiger partial charge < -0.3 is 35.0 Å². The first-order valence-electron chi connectivity index (χ1n) is 15.0. The molecule has 1 heterocycles. The number of hydrogen-bond donors (Lipinski definition) is 4. The van der Waals surface area contributed by atoms with E-state index >= 15 is 0 Å². The molecule has 1 amide bonds. The zero-order valence-corrected chi connectivity index (χ0v) is 25.8. The van der Waals surface area contributed by atoms with E-state index in [1.54, 1.807) is 37.4 Å². The average molecular weight is 673 g/mol. The van der Waals surface area contributed by atoms with Crippen molar-refractivity contribution in [2.75, 3.05) is 25.5 Å². The lowest BCUT2D eigenvalue weighted by molar-refractivity contribution is -0.276. The van der Waals surface area contributed by atoms with Gasteiger partial charge in [0.05, 0.1) is 24.9 Å². The van der Waals surface area contributed by atoms with Crippen molar-refractivity contribution in [1.29, 1.82) is 0 Å². The quantitative estimate of drug-likeness (QED) is 0.0891. The Balaban J connectivity index is 1.39. The van der Waals surface area contributed by atoms with E-state index in [9.17, 15) is 42.1 Å². The average Bonchev–Trinajstić information content (AvgIpc) is 3.07. The Morgan fingerprint density at radius 3 is 2.17 bits per heavy atom. The van der Waals surface area contributed by atoms with Gasteiger partial charge in [-0.15, -0.1) is 0 Å². The van der Waals surface area contributed by atoms with Gasteiger partial charge in [0, 0.05) is 30.3 Å². The Labute approximate surface area is 273 Å². The number of hydrogen-bond acceptors (Lipinski definition) is 7.